The molecule has 0 bridgehead atoms. The van der Waals surface area contributed by atoms with Gasteiger partial charge in [0, 0.05) is 25.5 Å². The predicted molar refractivity (Wildman–Crippen MR) is 135 cm³/mol. The van der Waals surface area contributed by atoms with Crippen LogP contribution in [0.3, 0.4) is 0 Å². The molecular weight excluding hydrogens is 463 g/mol. The highest BCUT2D eigenvalue weighted by atomic mass is 19.1. The van der Waals surface area contributed by atoms with Gasteiger partial charge in [-0.1, -0.05) is 36.4 Å². The Balaban J connectivity index is 0.000000709. The van der Waals surface area contributed by atoms with Crippen LogP contribution in [0.15, 0.2) is 65.4 Å². The van der Waals surface area contributed by atoms with Crippen LogP contribution in [0, 0.1) is 5.92 Å². The van der Waals surface area contributed by atoms with Gasteiger partial charge in [-0.2, -0.15) is 0 Å². The van der Waals surface area contributed by atoms with Crippen LogP contribution in [0.25, 0.3) is 11.0 Å². The lowest BCUT2D eigenvalue weighted by Gasteiger charge is -2.25. The lowest BCUT2D eigenvalue weighted by atomic mass is 9.92. The van der Waals surface area contributed by atoms with Crippen molar-refractivity contribution in [2.24, 2.45) is 5.92 Å². The Morgan fingerprint density at radius 1 is 1.28 bits per heavy atom. The summed E-state index contributed by atoms with van der Waals surface area (Å²) in [6.45, 7) is 3.62. The van der Waals surface area contributed by atoms with Gasteiger partial charge in [-0.15, -0.1) is 0 Å². The molecule has 1 aromatic carbocycles. The summed E-state index contributed by atoms with van der Waals surface area (Å²) in [4.78, 5) is 29.5. The van der Waals surface area contributed by atoms with Crippen molar-refractivity contribution in [3.8, 4) is 11.5 Å². The molecule has 8 heteroatoms. The van der Waals surface area contributed by atoms with Crippen molar-refractivity contribution in [1.82, 2.24) is 9.55 Å². The molecule has 0 saturated carbocycles. The standard InChI is InChI=1S/C25H21FN2O4.C3H8O/c26-19-8-6-16(7-9-19)12-18-13-27-21-22-23(18)31-11-10-28(22)25(30)20(14-29)24(21)32-15-17-4-2-1-3-5-17;1-3-4-2/h1-6,8-9,13-14,16H,7,10-12,15H2;3H2,1-2H3. The predicted octanol–water partition coefficient (Wildman–Crippen LogP) is 4.81. The summed E-state index contributed by atoms with van der Waals surface area (Å²) in [6.07, 6.45) is 8.29. The van der Waals surface area contributed by atoms with Crippen molar-refractivity contribution in [2.75, 3.05) is 20.3 Å². The number of halogens is 1. The summed E-state index contributed by atoms with van der Waals surface area (Å²) in [5.74, 6) is 0.620. The first kappa shape index (κ1) is 25.3. The number of allylic oxidation sites excluding steroid dienone is 4. The second kappa shape index (κ2) is 11.8. The number of aldehydes is 1. The average Bonchev–Trinajstić information content (AvgIpc) is 2.92. The molecule has 0 N–H and O–H groups in total. The molecule has 2 aromatic heterocycles. The second-order valence-corrected chi connectivity index (χ2v) is 8.48. The van der Waals surface area contributed by atoms with E-state index in [0.29, 0.717) is 49.1 Å². The van der Waals surface area contributed by atoms with Crippen molar-refractivity contribution in [2.45, 2.75) is 32.9 Å². The molecule has 5 rings (SSSR count). The Labute approximate surface area is 208 Å². The fraction of sp³-hybridized carbons (Fsp3) is 0.321. The molecule has 0 amide bonds. The second-order valence-electron chi connectivity index (χ2n) is 8.48. The van der Waals surface area contributed by atoms with E-state index in [2.05, 4.69) is 9.72 Å². The molecule has 0 spiro atoms. The van der Waals surface area contributed by atoms with Gasteiger partial charge in [0.2, 0.25) is 0 Å². The third-order valence-corrected chi connectivity index (χ3v) is 6.10. The molecule has 3 aromatic rings. The van der Waals surface area contributed by atoms with Crippen LogP contribution >= 0.6 is 0 Å². The SMILES string of the molecule is CCOC.O=Cc1c(OCc2ccccc2)c2ncc(CC3C=CC(F)=CC3)c3c2n(c1=O)CCO3. The van der Waals surface area contributed by atoms with Crippen LogP contribution in [-0.2, 0) is 24.3 Å². The summed E-state index contributed by atoms with van der Waals surface area (Å²) < 4.78 is 31.4. The van der Waals surface area contributed by atoms with E-state index in [1.165, 1.54) is 6.08 Å². The minimum absolute atomic E-state index is 0.0441. The monoisotopic (exact) mass is 492 g/mol. The summed E-state index contributed by atoms with van der Waals surface area (Å²) in [7, 11) is 1.68. The van der Waals surface area contributed by atoms with Gasteiger partial charge in [-0.25, -0.2) is 4.39 Å². The minimum Gasteiger partial charge on any atom is -0.489 e. The van der Waals surface area contributed by atoms with Crippen molar-refractivity contribution in [3.63, 3.8) is 0 Å². The third-order valence-electron chi connectivity index (χ3n) is 6.10. The Morgan fingerprint density at radius 3 is 2.72 bits per heavy atom. The van der Waals surface area contributed by atoms with Gasteiger partial charge in [0.25, 0.3) is 5.56 Å². The maximum absolute atomic E-state index is 13.3. The van der Waals surface area contributed by atoms with Gasteiger partial charge in [-0.05, 0) is 43.4 Å². The van der Waals surface area contributed by atoms with Crippen LogP contribution in [0.4, 0.5) is 4.39 Å². The Hall–Kier alpha value is -3.78. The number of methoxy groups -OCH3 is 1. The molecule has 7 nitrogen and oxygen atoms in total. The number of aromatic nitrogens is 2. The van der Waals surface area contributed by atoms with Gasteiger partial charge < -0.3 is 14.2 Å². The highest BCUT2D eigenvalue weighted by Crippen LogP contribution is 2.37. The van der Waals surface area contributed by atoms with Gasteiger partial charge in [0.1, 0.15) is 41.4 Å². The first-order chi connectivity index (χ1) is 17.6. The quantitative estimate of drug-likeness (QED) is 0.441. The fourth-order valence-corrected chi connectivity index (χ4v) is 4.22. The molecule has 0 fully saturated rings. The molecule has 1 unspecified atom stereocenters. The fourth-order valence-electron chi connectivity index (χ4n) is 4.22. The molecule has 3 heterocycles. The minimum atomic E-state index is -0.415. The van der Waals surface area contributed by atoms with Gasteiger partial charge in [0.05, 0.1) is 6.54 Å². The number of ether oxygens (including phenoxy) is 3. The Kier molecular flexibility index (Phi) is 8.28. The van der Waals surface area contributed by atoms with Crippen LogP contribution in [0.2, 0.25) is 0 Å². The van der Waals surface area contributed by atoms with Crippen molar-refractivity contribution in [1.29, 1.82) is 0 Å². The van der Waals surface area contributed by atoms with E-state index in [1.807, 2.05) is 43.3 Å². The summed E-state index contributed by atoms with van der Waals surface area (Å²) in [5, 5.41) is 0. The average molecular weight is 493 g/mol. The number of hydrogen-bond acceptors (Lipinski definition) is 6. The zero-order chi connectivity index (χ0) is 25.5. The summed E-state index contributed by atoms with van der Waals surface area (Å²) in [5.41, 5.74) is 2.24. The number of pyridine rings is 2. The third kappa shape index (κ3) is 5.39. The van der Waals surface area contributed by atoms with E-state index in [4.69, 9.17) is 9.47 Å². The number of nitrogens with zero attached hydrogens (tertiary/aromatic N) is 2. The van der Waals surface area contributed by atoms with Gasteiger partial charge in [0.15, 0.2) is 12.0 Å². The number of carbonyl (C=O) groups excluding carboxylic acids is 1. The van der Waals surface area contributed by atoms with Crippen LogP contribution < -0.4 is 15.0 Å². The number of carbonyl (C=O) groups is 1. The number of hydrogen-bond donors (Lipinski definition) is 0. The van der Waals surface area contributed by atoms with E-state index in [1.54, 1.807) is 23.9 Å². The van der Waals surface area contributed by atoms with Crippen molar-refractivity contribution >= 4 is 17.3 Å². The molecule has 1 aliphatic heterocycles. The Bertz CT molecular complexity index is 1350. The molecule has 188 valence electrons. The topological polar surface area (TPSA) is 79.7 Å². The van der Waals surface area contributed by atoms with E-state index in [-0.39, 0.29) is 29.7 Å². The summed E-state index contributed by atoms with van der Waals surface area (Å²) >= 11 is 0. The van der Waals surface area contributed by atoms with Crippen molar-refractivity contribution < 1.29 is 23.4 Å². The largest absolute Gasteiger partial charge is 0.489 e. The van der Waals surface area contributed by atoms with E-state index >= 15 is 0 Å². The lowest BCUT2D eigenvalue weighted by Crippen LogP contribution is -2.31. The van der Waals surface area contributed by atoms with Crippen molar-refractivity contribution in [3.05, 3.63) is 87.6 Å². The normalized spacial score (nSPS) is 16.0. The van der Waals surface area contributed by atoms with E-state index in [0.717, 1.165) is 17.7 Å². The maximum atomic E-state index is 13.3. The molecule has 1 aliphatic carbocycles. The zero-order valence-electron chi connectivity index (χ0n) is 20.4. The highest BCUT2D eigenvalue weighted by molar-refractivity contribution is 5.95. The molecular formula is C28H29FN2O5. The van der Waals surface area contributed by atoms with Gasteiger partial charge >= 0.3 is 0 Å². The smallest absolute Gasteiger partial charge is 0.265 e. The van der Waals surface area contributed by atoms with E-state index in [9.17, 15) is 14.0 Å². The van der Waals surface area contributed by atoms with Crippen LogP contribution in [0.1, 0.15) is 34.8 Å². The molecule has 36 heavy (non-hydrogen) atoms. The lowest BCUT2D eigenvalue weighted by molar-refractivity contribution is 0.111. The highest BCUT2D eigenvalue weighted by Gasteiger charge is 2.27. The Morgan fingerprint density at radius 2 is 2.06 bits per heavy atom. The van der Waals surface area contributed by atoms with E-state index < -0.39 is 5.56 Å². The van der Waals surface area contributed by atoms with Gasteiger partial charge in [-0.3, -0.25) is 19.1 Å². The number of rotatable bonds is 7. The molecule has 0 radical (unpaired) electrons. The first-order valence-electron chi connectivity index (χ1n) is 11.9. The molecule has 2 aliphatic rings. The maximum Gasteiger partial charge on any atom is 0.265 e. The van der Waals surface area contributed by atoms with Crippen LogP contribution in [0.5, 0.6) is 11.5 Å². The summed E-state index contributed by atoms with van der Waals surface area (Å²) in [6, 6.07) is 9.50. The molecule has 0 saturated heterocycles. The number of benzene rings is 1. The first-order valence-corrected chi connectivity index (χ1v) is 11.9. The molecule has 1 atom stereocenters. The van der Waals surface area contributed by atoms with Crippen LogP contribution in [-0.4, -0.2) is 36.2 Å². The zero-order valence-corrected chi connectivity index (χ0v) is 20.4.